The number of nitrogens with one attached hydrogen (secondary N) is 2. The molecule has 134 valence electrons. The van der Waals surface area contributed by atoms with E-state index < -0.39 is 5.82 Å². The molecule has 2 N–H and O–H groups in total. The molecule has 0 spiro atoms. The zero-order valence-electron chi connectivity index (χ0n) is 14.5. The molecule has 0 radical (unpaired) electrons. The molecule has 1 amide bonds. The molecule has 1 unspecified atom stereocenters. The summed E-state index contributed by atoms with van der Waals surface area (Å²) in [4.78, 5) is 31.5. The molecule has 0 aliphatic rings. The smallest absolute Gasteiger partial charge is 0.221 e. The lowest BCUT2D eigenvalue weighted by Crippen LogP contribution is -2.32. The number of amides is 1. The van der Waals surface area contributed by atoms with Crippen LogP contribution in [0.5, 0.6) is 5.75 Å². The van der Waals surface area contributed by atoms with Gasteiger partial charge in [-0.3, -0.25) is 9.59 Å². The number of aromatic nitrogens is 2. The summed E-state index contributed by atoms with van der Waals surface area (Å²) >= 11 is 0. The van der Waals surface area contributed by atoms with Crippen molar-refractivity contribution >= 4 is 11.7 Å². The molecule has 1 heterocycles. The van der Waals surface area contributed by atoms with E-state index in [0.717, 1.165) is 6.07 Å². The number of methoxy groups -OCH3 is 1. The zero-order valence-corrected chi connectivity index (χ0v) is 14.5. The number of aromatic amines is 1. The van der Waals surface area contributed by atoms with E-state index in [-0.39, 0.29) is 47.8 Å². The van der Waals surface area contributed by atoms with Gasteiger partial charge in [0, 0.05) is 30.8 Å². The number of H-pyrrole nitrogens is 1. The molecule has 6 nitrogen and oxygen atoms in total. The highest BCUT2D eigenvalue weighted by molar-refractivity contribution is 5.98. The van der Waals surface area contributed by atoms with Crippen LogP contribution < -0.4 is 10.1 Å². The van der Waals surface area contributed by atoms with Gasteiger partial charge in [0.05, 0.1) is 13.2 Å². The predicted molar refractivity (Wildman–Crippen MR) is 90.8 cm³/mol. The third kappa shape index (κ3) is 4.89. The van der Waals surface area contributed by atoms with Crippen molar-refractivity contribution in [3.05, 3.63) is 47.8 Å². The maximum Gasteiger partial charge on any atom is 0.221 e. The van der Waals surface area contributed by atoms with Crippen molar-refractivity contribution in [2.45, 2.75) is 32.7 Å². The Balaban J connectivity index is 1.92. The summed E-state index contributed by atoms with van der Waals surface area (Å²) in [5.74, 6) is -0.260. The molecule has 0 fully saturated rings. The average molecular weight is 347 g/mol. The molecular weight excluding hydrogens is 325 g/mol. The molecule has 2 aromatic rings. The van der Waals surface area contributed by atoms with Gasteiger partial charge in [-0.1, -0.05) is 13.8 Å². The first-order valence-corrected chi connectivity index (χ1v) is 8.07. The molecule has 1 aromatic carbocycles. The summed E-state index contributed by atoms with van der Waals surface area (Å²) in [6.07, 6.45) is 3.34. The van der Waals surface area contributed by atoms with Gasteiger partial charge in [-0.25, -0.2) is 9.37 Å². The van der Waals surface area contributed by atoms with Gasteiger partial charge < -0.3 is 15.0 Å². The minimum Gasteiger partial charge on any atom is -0.494 e. The lowest BCUT2D eigenvalue weighted by Gasteiger charge is -2.20. The summed E-state index contributed by atoms with van der Waals surface area (Å²) in [5.41, 5.74) is 0.220. The number of ether oxygens (including phenoxy) is 1. The lowest BCUT2D eigenvalue weighted by atomic mass is 10.0. The Bertz CT molecular complexity index is 729. The van der Waals surface area contributed by atoms with Crippen molar-refractivity contribution in [3.8, 4) is 5.75 Å². The fourth-order valence-corrected chi connectivity index (χ4v) is 2.46. The number of rotatable bonds is 8. The summed E-state index contributed by atoms with van der Waals surface area (Å²) in [5, 5.41) is 2.88. The Kier molecular flexibility index (Phi) is 6.27. The van der Waals surface area contributed by atoms with Crippen LogP contribution in [-0.4, -0.2) is 28.8 Å². The lowest BCUT2D eigenvalue weighted by molar-refractivity contribution is -0.122. The fraction of sp³-hybridized carbons (Fsp3) is 0.389. The molecule has 25 heavy (non-hydrogen) atoms. The number of carbonyl (C=O) groups excluding carboxylic acids is 2. The van der Waals surface area contributed by atoms with Crippen molar-refractivity contribution in [1.82, 2.24) is 15.3 Å². The summed E-state index contributed by atoms with van der Waals surface area (Å²) in [6.45, 7) is 3.94. The van der Waals surface area contributed by atoms with Crippen LogP contribution >= 0.6 is 0 Å². The number of benzene rings is 1. The molecule has 0 aliphatic heterocycles. The summed E-state index contributed by atoms with van der Waals surface area (Å²) in [6, 6.07) is 3.76. The second kappa shape index (κ2) is 8.41. The van der Waals surface area contributed by atoms with Crippen LogP contribution in [0.1, 0.15) is 48.9 Å². The maximum absolute atomic E-state index is 13.7. The van der Waals surface area contributed by atoms with Crippen molar-refractivity contribution < 1.29 is 18.7 Å². The number of halogens is 1. The monoisotopic (exact) mass is 347 g/mol. The molecular formula is C18H22FN3O3. The number of ketones is 1. The van der Waals surface area contributed by atoms with Crippen LogP contribution in [0.2, 0.25) is 0 Å². The number of imidazole rings is 1. The molecule has 0 aliphatic carbocycles. The molecule has 1 atom stereocenters. The van der Waals surface area contributed by atoms with Crippen molar-refractivity contribution in [1.29, 1.82) is 0 Å². The van der Waals surface area contributed by atoms with E-state index in [1.807, 2.05) is 13.8 Å². The Morgan fingerprint density at radius 2 is 2.08 bits per heavy atom. The highest BCUT2D eigenvalue weighted by Crippen LogP contribution is 2.20. The van der Waals surface area contributed by atoms with Crippen LogP contribution in [0.25, 0.3) is 0 Å². The molecule has 0 saturated heterocycles. The van der Waals surface area contributed by atoms with Crippen LogP contribution in [0.4, 0.5) is 4.39 Å². The van der Waals surface area contributed by atoms with Crippen molar-refractivity contribution in [2.75, 3.05) is 7.11 Å². The minimum absolute atomic E-state index is 0.000568. The number of Topliss-reactive ketones (excluding diaryl/α,β-unsaturated/α-hetero) is 1. The van der Waals surface area contributed by atoms with E-state index in [4.69, 9.17) is 4.74 Å². The number of hydrogen-bond acceptors (Lipinski definition) is 4. The first kappa shape index (κ1) is 18.6. The van der Waals surface area contributed by atoms with E-state index in [1.165, 1.54) is 19.2 Å². The van der Waals surface area contributed by atoms with E-state index in [0.29, 0.717) is 5.82 Å². The van der Waals surface area contributed by atoms with Gasteiger partial charge in [-0.15, -0.1) is 0 Å². The zero-order chi connectivity index (χ0) is 18.4. The molecule has 7 heteroatoms. The van der Waals surface area contributed by atoms with Crippen LogP contribution in [0.3, 0.4) is 0 Å². The van der Waals surface area contributed by atoms with Crippen LogP contribution in [0.15, 0.2) is 30.6 Å². The molecule has 0 bridgehead atoms. The average Bonchev–Trinajstić information content (AvgIpc) is 3.11. The van der Waals surface area contributed by atoms with E-state index in [2.05, 4.69) is 15.3 Å². The molecule has 1 aromatic heterocycles. The third-order valence-electron chi connectivity index (χ3n) is 3.85. The summed E-state index contributed by atoms with van der Waals surface area (Å²) in [7, 11) is 1.36. The largest absolute Gasteiger partial charge is 0.494 e. The third-order valence-corrected chi connectivity index (χ3v) is 3.85. The number of nitrogens with zero attached hydrogens (tertiary/aromatic N) is 1. The van der Waals surface area contributed by atoms with Gasteiger partial charge in [0.15, 0.2) is 17.3 Å². The SMILES string of the molecule is COc1ccc(C(=O)CCC(=O)NC(c2ncc[nH]2)C(C)C)cc1F. The second-order valence-corrected chi connectivity index (χ2v) is 6.04. The van der Waals surface area contributed by atoms with E-state index >= 15 is 0 Å². The topological polar surface area (TPSA) is 84.1 Å². The quantitative estimate of drug-likeness (QED) is 0.719. The Hall–Kier alpha value is -2.70. The van der Waals surface area contributed by atoms with Gasteiger partial charge in [-0.05, 0) is 24.1 Å². The predicted octanol–water partition coefficient (Wildman–Crippen LogP) is 3.03. The minimum atomic E-state index is -0.601. The van der Waals surface area contributed by atoms with Gasteiger partial charge in [0.2, 0.25) is 5.91 Å². The summed E-state index contributed by atoms with van der Waals surface area (Å²) < 4.78 is 18.5. The van der Waals surface area contributed by atoms with E-state index in [1.54, 1.807) is 12.4 Å². The number of carbonyl (C=O) groups is 2. The molecule has 0 saturated carbocycles. The molecule has 2 rings (SSSR count). The van der Waals surface area contributed by atoms with Crippen LogP contribution in [-0.2, 0) is 4.79 Å². The highest BCUT2D eigenvalue weighted by Gasteiger charge is 2.21. The first-order chi connectivity index (χ1) is 11.9. The van der Waals surface area contributed by atoms with Gasteiger partial charge in [0.1, 0.15) is 5.82 Å². The first-order valence-electron chi connectivity index (χ1n) is 8.07. The fourth-order valence-electron chi connectivity index (χ4n) is 2.46. The second-order valence-electron chi connectivity index (χ2n) is 6.04. The van der Waals surface area contributed by atoms with Gasteiger partial charge in [-0.2, -0.15) is 0 Å². The standard InChI is InChI=1S/C18H22FN3O3/c1-11(2)17(18-20-8-9-21-18)22-16(24)7-5-14(23)12-4-6-15(25-3)13(19)10-12/h4,6,8-11,17H,5,7H2,1-3H3,(H,20,21)(H,22,24). The van der Waals surface area contributed by atoms with Gasteiger partial charge in [0.25, 0.3) is 0 Å². The van der Waals surface area contributed by atoms with Crippen molar-refractivity contribution in [2.24, 2.45) is 5.92 Å². The number of hydrogen-bond donors (Lipinski definition) is 2. The Morgan fingerprint density at radius 1 is 1.32 bits per heavy atom. The van der Waals surface area contributed by atoms with E-state index in [9.17, 15) is 14.0 Å². The normalized spacial score (nSPS) is 12.0. The Morgan fingerprint density at radius 3 is 2.64 bits per heavy atom. The maximum atomic E-state index is 13.7. The Labute approximate surface area is 145 Å². The van der Waals surface area contributed by atoms with Crippen molar-refractivity contribution in [3.63, 3.8) is 0 Å². The van der Waals surface area contributed by atoms with Crippen LogP contribution in [0, 0.1) is 11.7 Å². The highest BCUT2D eigenvalue weighted by atomic mass is 19.1. The van der Waals surface area contributed by atoms with Gasteiger partial charge >= 0.3 is 0 Å².